The molecule has 7 nitrogen and oxygen atoms in total. The normalized spacial score (nSPS) is 11.0. The lowest BCUT2D eigenvalue weighted by molar-refractivity contribution is -0.385. The number of hydrogen-bond acceptors (Lipinski definition) is 6. The van der Waals surface area contributed by atoms with Gasteiger partial charge in [-0.3, -0.25) is 14.9 Å². The molecule has 0 bridgehead atoms. The van der Waals surface area contributed by atoms with Gasteiger partial charge in [-0.25, -0.2) is 0 Å². The zero-order chi connectivity index (χ0) is 23.9. The second-order valence-corrected chi connectivity index (χ2v) is 7.28. The quantitative estimate of drug-likeness (QED) is 0.128. The highest BCUT2D eigenvalue weighted by Gasteiger charge is 2.28. The van der Waals surface area contributed by atoms with Crippen molar-refractivity contribution in [2.45, 2.75) is 0 Å². The van der Waals surface area contributed by atoms with Crippen molar-refractivity contribution in [1.29, 1.82) is 0 Å². The van der Waals surface area contributed by atoms with Crippen LogP contribution in [0.2, 0.25) is 0 Å². The minimum Gasteiger partial charge on any atom is -0.466 e. The molecule has 4 aromatic rings. The number of ketones is 1. The maximum Gasteiger partial charge on any atom is 0.284 e. The van der Waals surface area contributed by atoms with E-state index in [4.69, 9.17) is 13.9 Å². The van der Waals surface area contributed by atoms with Crippen LogP contribution in [-0.2, 0) is 4.74 Å². The Morgan fingerprint density at radius 3 is 2.32 bits per heavy atom. The summed E-state index contributed by atoms with van der Waals surface area (Å²) >= 11 is 0. The van der Waals surface area contributed by atoms with E-state index in [1.165, 1.54) is 19.2 Å². The molecule has 34 heavy (non-hydrogen) atoms. The molecular formula is C27H21NO6. The van der Waals surface area contributed by atoms with Crippen molar-refractivity contribution in [2.75, 3.05) is 13.9 Å². The third kappa shape index (κ3) is 4.95. The average Bonchev–Trinajstić information content (AvgIpc) is 3.35. The molecule has 4 rings (SSSR count). The SMILES string of the molecule is COCOc1c(/C=C/c2ccc(-c3ccccc3)o2)ccc([N+](=O)[O-])c1C(=O)c1ccccc1. The van der Waals surface area contributed by atoms with Crippen molar-refractivity contribution >= 4 is 23.6 Å². The Balaban J connectivity index is 1.76. The number of benzene rings is 3. The number of furan rings is 1. The third-order valence-corrected chi connectivity index (χ3v) is 5.06. The zero-order valence-corrected chi connectivity index (χ0v) is 18.3. The molecule has 0 atom stereocenters. The Labute approximate surface area is 196 Å². The van der Waals surface area contributed by atoms with Gasteiger partial charge in [0.2, 0.25) is 5.78 Å². The standard InChI is InChI=1S/C27H21NO6/c1-32-18-33-27-21(12-14-22-15-17-24(34-22)19-8-4-2-5-9-19)13-16-23(28(30)31)25(27)26(29)20-10-6-3-7-11-20/h2-17H,18H2,1H3/b14-12+. The molecule has 0 saturated heterocycles. The number of ether oxygens (including phenoxy) is 2. The monoisotopic (exact) mass is 455 g/mol. The maximum atomic E-state index is 13.3. The average molecular weight is 455 g/mol. The first-order valence-electron chi connectivity index (χ1n) is 10.4. The van der Waals surface area contributed by atoms with Crippen molar-refractivity contribution in [1.82, 2.24) is 0 Å². The molecule has 0 radical (unpaired) electrons. The van der Waals surface area contributed by atoms with E-state index in [1.807, 2.05) is 42.5 Å². The number of carbonyl (C=O) groups is 1. The molecule has 0 N–H and O–H groups in total. The largest absolute Gasteiger partial charge is 0.466 e. The fourth-order valence-corrected chi connectivity index (χ4v) is 3.47. The van der Waals surface area contributed by atoms with Crippen LogP contribution >= 0.6 is 0 Å². The topological polar surface area (TPSA) is 91.8 Å². The minimum absolute atomic E-state index is 0.0657. The highest BCUT2D eigenvalue weighted by Crippen LogP contribution is 2.35. The van der Waals surface area contributed by atoms with E-state index in [1.54, 1.807) is 42.5 Å². The van der Waals surface area contributed by atoms with Gasteiger partial charge in [-0.05, 0) is 30.4 Å². The van der Waals surface area contributed by atoms with Crippen LogP contribution in [-0.4, -0.2) is 24.6 Å². The maximum absolute atomic E-state index is 13.3. The second-order valence-electron chi connectivity index (χ2n) is 7.28. The van der Waals surface area contributed by atoms with Crippen molar-refractivity contribution in [2.24, 2.45) is 0 Å². The molecule has 0 amide bonds. The van der Waals surface area contributed by atoms with Gasteiger partial charge in [0.25, 0.3) is 5.69 Å². The molecular weight excluding hydrogens is 434 g/mol. The Kier molecular flexibility index (Phi) is 6.95. The van der Waals surface area contributed by atoms with Crippen molar-refractivity contribution in [3.63, 3.8) is 0 Å². The molecule has 0 fully saturated rings. The Bertz CT molecular complexity index is 1330. The van der Waals surface area contributed by atoms with Crippen LogP contribution in [0, 0.1) is 10.1 Å². The van der Waals surface area contributed by atoms with Gasteiger partial charge in [-0.15, -0.1) is 0 Å². The molecule has 1 heterocycles. The minimum atomic E-state index is -0.595. The van der Waals surface area contributed by atoms with Gasteiger partial charge < -0.3 is 13.9 Å². The summed E-state index contributed by atoms with van der Waals surface area (Å²) in [6.45, 7) is -0.185. The number of nitro groups is 1. The first-order valence-corrected chi connectivity index (χ1v) is 10.4. The van der Waals surface area contributed by atoms with E-state index < -0.39 is 10.7 Å². The van der Waals surface area contributed by atoms with Crippen LogP contribution in [0.15, 0.2) is 89.3 Å². The summed E-state index contributed by atoms with van der Waals surface area (Å²) in [5.74, 6) is 0.833. The fourth-order valence-electron chi connectivity index (χ4n) is 3.47. The van der Waals surface area contributed by atoms with E-state index in [0.717, 1.165) is 5.56 Å². The molecule has 1 aromatic heterocycles. The number of nitro benzene ring substituents is 1. The molecule has 0 aliphatic heterocycles. The lowest BCUT2D eigenvalue weighted by Gasteiger charge is -2.13. The van der Waals surface area contributed by atoms with Gasteiger partial charge in [0, 0.05) is 29.9 Å². The molecule has 0 saturated carbocycles. The summed E-state index contributed by atoms with van der Waals surface area (Å²) < 4.78 is 16.6. The summed E-state index contributed by atoms with van der Waals surface area (Å²) in [4.78, 5) is 24.4. The molecule has 0 unspecified atom stereocenters. The van der Waals surface area contributed by atoms with Crippen molar-refractivity contribution in [3.05, 3.63) is 117 Å². The summed E-state index contributed by atoms with van der Waals surface area (Å²) in [6, 6.07) is 24.5. The molecule has 170 valence electrons. The predicted octanol–water partition coefficient (Wildman–Crippen LogP) is 6.24. The smallest absolute Gasteiger partial charge is 0.284 e. The van der Waals surface area contributed by atoms with Gasteiger partial charge in [-0.2, -0.15) is 0 Å². The van der Waals surface area contributed by atoms with Gasteiger partial charge in [0.15, 0.2) is 6.79 Å². The number of hydrogen-bond donors (Lipinski definition) is 0. The Morgan fingerprint density at radius 2 is 1.65 bits per heavy atom. The van der Waals surface area contributed by atoms with E-state index >= 15 is 0 Å². The van der Waals surface area contributed by atoms with Gasteiger partial charge >= 0.3 is 0 Å². The highest BCUT2D eigenvalue weighted by atomic mass is 16.7. The molecule has 0 aliphatic carbocycles. The number of rotatable bonds is 9. The predicted molar refractivity (Wildman–Crippen MR) is 129 cm³/mol. The zero-order valence-electron chi connectivity index (χ0n) is 18.3. The number of nitrogens with zero attached hydrogens (tertiary/aromatic N) is 1. The lowest BCUT2D eigenvalue weighted by Crippen LogP contribution is -2.11. The van der Waals surface area contributed by atoms with Gasteiger partial charge in [-0.1, -0.05) is 60.7 Å². The summed E-state index contributed by atoms with van der Waals surface area (Å²) in [5.41, 5.74) is 1.24. The first-order chi connectivity index (χ1) is 16.6. The Morgan fingerprint density at radius 1 is 0.941 bits per heavy atom. The van der Waals surface area contributed by atoms with Crippen LogP contribution in [0.3, 0.4) is 0 Å². The first kappa shape index (κ1) is 22.7. The van der Waals surface area contributed by atoms with Crippen molar-refractivity contribution < 1.29 is 23.6 Å². The highest BCUT2D eigenvalue weighted by molar-refractivity contribution is 6.14. The van der Waals surface area contributed by atoms with Crippen LogP contribution in [0.1, 0.15) is 27.2 Å². The van der Waals surface area contributed by atoms with E-state index in [2.05, 4.69) is 0 Å². The Hall–Kier alpha value is -4.49. The van der Waals surface area contributed by atoms with Crippen LogP contribution in [0.4, 0.5) is 5.69 Å². The lowest BCUT2D eigenvalue weighted by atomic mass is 9.97. The summed E-state index contributed by atoms with van der Waals surface area (Å²) in [7, 11) is 1.43. The van der Waals surface area contributed by atoms with Gasteiger partial charge in [0.05, 0.1) is 4.92 Å². The van der Waals surface area contributed by atoms with Crippen LogP contribution in [0.5, 0.6) is 5.75 Å². The van der Waals surface area contributed by atoms with Crippen molar-refractivity contribution in [3.8, 4) is 17.1 Å². The molecule has 0 aliphatic rings. The molecule has 0 spiro atoms. The van der Waals surface area contributed by atoms with E-state index in [-0.39, 0.29) is 23.8 Å². The van der Waals surface area contributed by atoms with E-state index in [9.17, 15) is 14.9 Å². The van der Waals surface area contributed by atoms with Crippen LogP contribution < -0.4 is 4.74 Å². The molecule has 3 aromatic carbocycles. The summed E-state index contributed by atoms with van der Waals surface area (Å²) in [6.07, 6.45) is 3.40. The second kappa shape index (κ2) is 10.4. The third-order valence-electron chi connectivity index (χ3n) is 5.06. The summed E-state index contributed by atoms with van der Waals surface area (Å²) in [5, 5.41) is 11.7. The number of methoxy groups -OCH3 is 1. The van der Waals surface area contributed by atoms with Crippen LogP contribution in [0.25, 0.3) is 23.5 Å². The van der Waals surface area contributed by atoms with Gasteiger partial charge in [0.1, 0.15) is 22.8 Å². The fraction of sp³-hybridized carbons (Fsp3) is 0.0741. The van der Waals surface area contributed by atoms with E-state index in [0.29, 0.717) is 22.6 Å². The molecule has 7 heteroatoms. The number of carbonyl (C=O) groups excluding carboxylic acids is 1.